The van der Waals surface area contributed by atoms with E-state index in [0.29, 0.717) is 41.6 Å². The van der Waals surface area contributed by atoms with Crippen LogP contribution in [0.1, 0.15) is 30.3 Å². The van der Waals surface area contributed by atoms with Gasteiger partial charge in [-0.05, 0) is 31.5 Å². The van der Waals surface area contributed by atoms with Gasteiger partial charge >= 0.3 is 6.18 Å². The molecule has 0 aliphatic heterocycles. The zero-order valence-corrected chi connectivity index (χ0v) is 16.4. The first kappa shape index (κ1) is 22.1. The average Bonchev–Trinajstić information content (AvgIpc) is 2.66. The van der Waals surface area contributed by atoms with Crippen LogP contribution in [0.2, 0.25) is 0 Å². The van der Waals surface area contributed by atoms with E-state index < -0.39 is 11.7 Å². The van der Waals surface area contributed by atoms with Crippen LogP contribution in [-0.2, 0) is 12.7 Å². The summed E-state index contributed by atoms with van der Waals surface area (Å²) in [5.41, 5.74) is 14.3. The number of benzene rings is 1. The first-order valence-corrected chi connectivity index (χ1v) is 8.84. The van der Waals surface area contributed by atoms with Gasteiger partial charge in [-0.3, -0.25) is 0 Å². The summed E-state index contributed by atoms with van der Waals surface area (Å²) >= 11 is 0. The number of aromatic nitrogens is 2. The maximum absolute atomic E-state index is 12.8. The number of halogens is 3. The quantitative estimate of drug-likeness (QED) is 0.624. The molecule has 0 unspecified atom stereocenters. The van der Waals surface area contributed by atoms with Crippen molar-refractivity contribution in [3.8, 4) is 5.75 Å². The smallest absolute Gasteiger partial charge is 0.416 e. The molecule has 0 aliphatic rings. The highest BCUT2D eigenvalue weighted by atomic mass is 19.4. The van der Waals surface area contributed by atoms with Gasteiger partial charge in [0.25, 0.3) is 0 Å². The Bertz CT molecular complexity index is 898. The number of nitrogens with two attached hydrogens (primary N) is 1. The Balaban J connectivity index is 2.18. The van der Waals surface area contributed by atoms with Crippen LogP contribution >= 0.6 is 0 Å². The lowest BCUT2D eigenvalue weighted by atomic mass is 10.2. The molecule has 2 aromatic rings. The van der Waals surface area contributed by atoms with Gasteiger partial charge in [0.1, 0.15) is 29.7 Å². The molecule has 0 atom stereocenters. The summed E-state index contributed by atoms with van der Waals surface area (Å²) in [6, 6.07) is 4.59. The average molecular weight is 408 g/mol. The zero-order valence-electron chi connectivity index (χ0n) is 16.4. The van der Waals surface area contributed by atoms with Crippen molar-refractivity contribution in [1.82, 2.24) is 14.9 Å². The standard InChI is InChI=1S/C19H23F3N6O/c1-4-17(28(3)10-13-9-25-12(2)26-18(13)23)16(27-24)11-29-15-7-5-6-14(8-15)19(20,21)22/h5-9,24H,4,10-11H2,1-3H3,(H2,23,25,26). The number of nitrogens with one attached hydrogen (secondary N) is 1. The third-order valence-electron chi connectivity index (χ3n) is 4.23. The van der Waals surface area contributed by atoms with Crippen LogP contribution in [0.5, 0.6) is 5.75 Å². The molecule has 0 aliphatic carbocycles. The molecule has 156 valence electrons. The van der Waals surface area contributed by atoms with Gasteiger partial charge < -0.3 is 15.4 Å². The van der Waals surface area contributed by atoms with Gasteiger partial charge in [-0.1, -0.05) is 13.0 Å². The van der Waals surface area contributed by atoms with Crippen molar-refractivity contribution < 1.29 is 17.9 Å². The second-order valence-corrected chi connectivity index (χ2v) is 6.36. The summed E-state index contributed by atoms with van der Waals surface area (Å²) in [5.74, 6) is 0.983. The molecule has 0 fully saturated rings. The number of aryl methyl sites for hydroxylation is 1. The molecule has 0 bridgehead atoms. The van der Waals surface area contributed by atoms with Crippen LogP contribution in [0.3, 0.4) is 0 Å². The number of nitrogen functional groups attached to an aromatic ring is 1. The number of rotatable bonds is 8. The summed E-state index contributed by atoms with van der Waals surface area (Å²) in [6.45, 7) is 3.87. The molecule has 1 heterocycles. The fourth-order valence-corrected chi connectivity index (χ4v) is 2.77. The predicted octanol–water partition coefficient (Wildman–Crippen LogP) is 4.55. The first-order chi connectivity index (χ1) is 13.7. The summed E-state index contributed by atoms with van der Waals surface area (Å²) < 4.78 is 44.0. The summed E-state index contributed by atoms with van der Waals surface area (Å²) in [6.07, 6.45) is -2.28. The Morgan fingerprint density at radius 1 is 1.34 bits per heavy atom. The Kier molecular flexibility index (Phi) is 7.13. The lowest BCUT2D eigenvalue weighted by molar-refractivity contribution is -0.137. The van der Waals surface area contributed by atoms with Crippen molar-refractivity contribution in [2.45, 2.75) is 33.0 Å². The van der Waals surface area contributed by atoms with E-state index in [1.54, 1.807) is 20.2 Å². The van der Waals surface area contributed by atoms with E-state index in [9.17, 15) is 13.2 Å². The van der Waals surface area contributed by atoms with Gasteiger partial charge in [-0.2, -0.15) is 18.3 Å². The van der Waals surface area contributed by atoms with E-state index in [0.717, 1.165) is 12.1 Å². The fourth-order valence-electron chi connectivity index (χ4n) is 2.77. The minimum absolute atomic E-state index is 0.0512. The second kappa shape index (κ2) is 9.35. The highest BCUT2D eigenvalue weighted by Gasteiger charge is 2.30. The van der Waals surface area contributed by atoms with Crippen molar-refractivity contribution in [3.63, 3.8) is 0 Å². The molecule has 0 spiro atoms. The second-order valence-electron chi connectivity index (χ2n) is 6.36. The summed E-state index contributed by atoms with van der Waals surface area (Å²) in [7, 11) is 1.80. The van der Waals surface area contributed by atoms with E-state index in [1.807, 2.05) is 11.8 Å². The molecular weight excluding hydrogens is 385 g/mol. The van der Waals surface area contributed by atoms with E-state index in [4.69, 9.17) is 16.0 Å². The van der Waals surface area contributed by atoms with E-state index in [2.05, 4.69) is 15.1 Å². The fraction of sp³-hybridized carbons (Fsp3) is 0.368. The number of allylic oxidation sites excluding steroid dienone is 1. The molecule has 0 amide bonds. The van der Waals surface area contributed by atoms with Crippen molar-refractivity contribution in [2.24, 2.45) is 5.11 Å². The van der Waals surface area contributed by atoms with Gasteiger partial charge in [0.15, 0.2) is 0 Å². The molecule has 10 heteroatoms. The van der Waals surface area contributed by atoms with Crippen LogP contribution in [0, 0.1) is 12.5 Å². The van der Waals surface area contributed by atoms with Gasteiger partial charge in [0, 0.05) is 31.0 Å². The van der Waals surface area contributed by atoms with E-state index >= 15 is 0 Å². The Hall–Kier alpha value is -3.17. The van der Waals surface area contributed by atoms with E-state index in [1.165, 1.54) is 12.1 Å². The Morgan fingerprint density at radius 2 is 2.07 bits per heavy atom. The molecule has 7 nitrogen and oxygen atoms in total. The first-order valence-electron chi connectivity index (χ1n) is 8.84. The lowest BCUT2D eigenvalue weighted by Gasteiger charge is -2.24. The molecule has 0 saturated carbocycles. The number of anilines is 1. The highest BCUT2D eigenvalue weighted by Crippen LogP contribution is 2.31. The van der Waals surface area contributed by atoms with Crippen molar-refractivity contribution in [2.75, 3.05) is 19.4 Å². The largest absolute Gasteiger partial charge is 0.487 e. The van der Waals surface area contributed by atoms with Gasteiger partial charge in [-0.25, -0.2) is 15.5 Å². The topological polar surface area (TPSA) is 100 Å². The molecule has 29 heavy (non-hydrogen) atoms. The highest BCUT2D eigenvalue weighted by molar-refractivity contribution is 5.37. The summed E-state index contributed by atoms with van der Waals surface area (Å²) in [4.78, 5) is 10.1. The van der Waals surface area contributed by atoms with Crippen LogP contribution < -0.4 is 10.5 Å². The molecular formula is C19H23F3N6O. The van der Waals surface area contributed by atoms with Crippen LogP contribution in [-0.4, -0.2) is 28.5 Å². The molecule has 1 aromatic heterocycles. The van der Waals surface area contributed by atoms with Crippen LogP contribution in [0.25, 0.3) is 0 Å². The number of ether oxygens (including phenoxy) is 1. The van der Waals surface area contributed by atoms with Crippen LogP contribution in [0.4, 0.5) is 19.0 Å². The number of alkyl halides is 3. The lowest BCUT2D eigenvalue weighted by Crippen LogP contribution is -2.21. The van der Waals surface area contributed by atoms with Crippen molar-refractivity contribution >= 4 is 5.82 Å². The molecule has 0 saturated heterocycles. The molecule has 3 N–H and O–H groups in total. The van der Waals surface area contributed by atoms with Gasteiger partial charge in [0.2, 0.25) is 0 Å². The van der Waals surface area contributed by atoms with Crippen molar-refractivity contribution in [1.29, 1.82) is 5.53 Å². The number of nitrogens with zero attached hydrogens (tertiary/aromatic N) is 4. The minimum atomic E-state index is -4.46. The maximum atomic E-state index is 12.8. The molecule has 1 aromatic carbocycles. The monoisotopic (exact) mass is 408 g/mol. The molecule has 2 rings (SSSR count). The predicted molar refractivity (Wildman–Crippen MR) is 102 cm³/mol. The third-order valence-corrected chi connectivity index (χ3v) is 4.23. The summed E-state index contributed by atoms with van der Waals surface area (Å²) in [5, 5.41) is 3.52. The van der Waals surface area contributed by atoms with E-state index in [-0.39, 0.29) is 12.4 Å². The zero-order chi connectivity index (χ0) is 21.6. The van der Waals surface area contributed by atoms with Gasteiger partial charge in [-0.15, -0.1) is 0 Å². The number of hydrogen-bond donors (Lipinski definition) is 2. The maximum Gasteiger partial charge on any atom is 0.416 e. The number of hydrogen-bond acceptors (Lipinski definition) is 7. The Morgan fingerprint density at radius 3 is 2.66 bits per heavy atom. The minimum Gasteiger partial charge on any atom is -0.487 e. The normalized spacial score (nSPS) is 12.3. The third kappa shape index (κ3) is 5.90. The van der Waals surface area contributed by atoms with Crippen molar-refractivity contribution in [3.05, 3.63) is 58.8 Å². The van der Waals surface area contributed by atoms with Crippen LogP contribution in [0.15, 0.2) is 47.0 Å². The molecule has 0 radical (unpaired) electrons. The SMILES string of the molecule is CCC(=C(COc1cccc(C(F)(F)F)c1)N=N)N(C)Cc1cnc(C)nc1N. The van der Waals surface area contributed by atoms with Gasteiger partial charge in [0.05, 0.1) is 5.56 Å². The Labute approximate surface area is 166 Å².